The number of hydrogen-bond acceptors (Lipinski definition) is 1. The van der Waals surface area contributed by atoms with Gasteiger partial charge in [-0.3, -0.25) is 0 Å². The zero-order chi connectivity index (χ0) is 14.8. The first kappa shape index (κ1) is 16.8. The Bertz CT molecular complexity index is 458. The highest BCUT2D eigenvalue weighted by Crippen LogP contribution is 2.43. The van der Waals surface area contributed by atoms with Crippen molar-refractivity contribution in [1.29, 1.82) is 0 Å². The van der Waals surface area contributed by atoms with E-state index in [4.69, 9.17) is 4.74 Å². The Hall–Kier alpha value is -0.230. The van der Waals surface area contributed by atoms with E-state index in [2.05, 4.69) is 31.9 Å². The lowest BCUT2D eigenvalue weighted by molar-refractivity contribution is -0.135. The topological polar surface area (TPSA) is 9.23 Å². The molecule has 19 heavy (non-hydrogen) atoms. The Balaban J connectivity index is 3.11. The van der Waals surface area contributed by atoms with Gasteiger partial charge in [0.05, 0.1) is 7.11 Å². The lowest BCUT2D eigenvalue weighted by Gasteiger charge is -2.20. The third-order valence-corrected chi connectivity index (χ3v) is 4.65. The summed E-state index contributed by atoms with van der Waals surface area (Å²) in [6, 6.07) is 1.90. The van der Waals surface area contributed by atoms with Crippen LogP contribution in [0.15, 0.2) is 10.5 Å². The Morgan fingerprint density at radius 1 is 1.32 bits per heavy atom. The smallest absolute Gasteiger partial charge is 0.389 e. The van der Waals surface area contributed by atoms with Gasteiger partial charge in [0.1, 0.15) is 5.75 Å². The van der Waals surface area contributed by atoms with Gasteiger partial charge in [-0.15, -0.1) is 0 Å². The van der Waals surface area contributed by atoms with Gasteiger partial charge < -0.3 is 4.74 Å². The summed E-state index contributed by atoms with van der Waals surface area (Å²) in [5, 5.41) is 0. The van der Waals surface area contributed by atoms with Crippen molar-refractivity contribution in [1.82, 2.24) is 0 Å². The van der Waals surface area contributed by atoms with Crippen molar-refractivity contribution in [3.8, 4) is 5.75 Å². The number of aryl methyl sites for hydroxylation is 1. The Morgan fingerprint density at radius 2 is 1.89 bits per heavy atom. The number of benzene rings is 1. The highest BCUT2D eigenvalue weighted by atomic mass is 79.9. The minimum absolute atomic E-state index is 0.0173. The van der Waals surface area contributed by atoms with Crippen LogP contribution in [-0.2, 0) is 0 Å². The second-order valence-electron chi connectivity index (χ2n) is 4.37. The number of halogens is 5. The average Bonchev–Trinajstić information content (AvgIpc) is 2.29. The third kappa shape index (κ3) is 4.38. The molecule has 0 bridgehead atoms. The second kappa shape index (κ2) is 6.48. The summed E-state index contributed by atoms with van der Waals surface area (Å²) in [4.78, 5) is -0.389. The summed E-state index contributed by atoms with van der Waals surface area (Å²) in [7, 11) is 1.53. The molecule has 0 aliphatic heterocycles. The van der Waals surface area contributed by atoms with Gasteiger partial charge in [-0.2, -0.15) is 13.2 Å². The molecule has 0 fully saturated rings. The van der Waals surface area contributed by atoms with Crippen LogP contribution in [0.2, 0.25) is 0 Å². The minimum atomic E-state index is -4.14. The Labute approximate surface area is 127 Å². The van der Waals surface area contributed by atoms with Crippen LogP contribution in [0, 0.1) is 13.8 Å². The van der Waals surface area contributed by atoms with Crippen molar-refractivity contribution >= 4 is 31.9 Å². The van der Waals surface area contributed by atoms with Crippen molar-refractivity contribution in [2.45, 2.75) is 37.7 Å². The van der Waals surface area contributed by atoms with Gasteiger partial charge in [0.2, 0.25) is 0 Å². The first-order chi connectivity index (χ1) is 8.67. The number of ether oxygens (including phenoxy) is 1. The van der Waals surface area contributed by atoms with E-state index in [1.165, 1.54) is 7.11 Å². The quantitative estimate of drug-likeness (QED) is 0.572. The molecule has 1 aromatic rings. The van der Waals surface area contributed by atoms with Crippen molar-refractivity contribution in [2.75, 3.05) is 7.11 Å². The molecule has 108 valence electrons. The van der Waals surface area contributed by atoms with Crippen LogP contribution in [0.5, 0.6) is 5.75 Å². The van der Waals surface area contributed by atoms with Crippen LogP contribution in [-0.4, -0.2) is 13.3 Å². The van der Waals surface area contributed by atoms with Crippen LogP contribution < -0.4 is 4.74 Å². The molecule has 0 saturated heterocycles. The van der Waals surface area contributed by atoms with Crippen LogP contribution in [0.1, 0.15) is 34.4 Å². The van der Waals surface area contributed by atoms with Crippen LogP contribution in [0.4, 0.5) is 13.2 Å². The second-order valence-corrected chi connectivity index (χ2v) is 6.33. The predicted octanol–water partition coefficient (Wildman–Crippen LogP) is 5.85. The van der Waals surface area contributed by atoms with E-state index in [1.807, 2.05) is 19.9 Å². The third-order valence-electron chi connectivity index (χ3n) is 2.91. The normalized spacial score (nSPS) is 13.5. The van der Waals surface area contributed by atoms with E-state index in [9.17, 15) is 13.2 Å². The molecule has 1 nitrogen and oxygen atoms in total. The molecule has 0 saturated carbocycles. The van der Waals surface area contributed by atoms with E-state index in [0.29, 0.717) is 5.75 Å². The molecule has 0 aromatic heterocycles. The number of rotatable bonds is 4. The zero-order valence-electron chi connectivity index (χ0n) is 10.9. The number of alkyl halides is 4. The Kier molecular flexibility index (Phi) is 5.74. The number of hydrogen-bond donors (Lipinski definition) is 0. The standard InChI is InChI=1S/C13H15Br2F3O/c1-7-6-10(15)8(2)11(12(7)19-3)9(14)4-5-13(16,17)18/h6,9H,4-5H2,1-3H3. The average molecular weight is 404 g/mol. The zero-order valence-corrected chi connectivity index (χ0v) is 14.0. The molecule has 0 heterocycles. The molecule has 0 aliphatic carbocycles. The lowest BCUT2D eigenvalue weighted by Crippen LogP contribution is -2.09. The summed E-state index contributed by atoms with van der Waals surface area (Å²) in [5.41, 5.74) is 2.57. The van der Waals surface area contributed by atoms with Crippen molar-refractivity contribution in [2.24, 2.45) is 0 Å². The molecule has 1 unspecified atom stereocenters. The SMILES string of the molecule is COc1c(C)cc(Br)c(C)c1C(Br)CCC(F)(F)F. The van der Waals surface area contributed by atoms with Gasteiger partial charge in [0.25, 0.3) is 0 Å². The maximum absolute atomic E-state index is 12.3. The highest BCUT2D eigenvalue weighted by Gasteiger charge is 2.29. The summed E-state index contributed by atoms with van der Waals surface area (Å²) in [6.45, 7) is 3.74. The van der Waals surface area contributed by atoms with E-state index in [-0.39, 0.29) is 11.2 Å². The Morgan fingerprint density at radius 3 is 2.37 bits per heavy atom. The van der Waals surface area contributed by atoms with E-state index in [1.54, 1.807) is 0 Å². The monoisotopic (exact) mass is 402 g/mol. The molecule has 0 spiro atoms. The fourth-order valence-corrected chi connectivity index (χ4v) is 3.30. The first-order valence-corrected chi connectivity index (χ1v) is 7.42. The first-order valence-electron chi connectivity index (χ1n) is 5.71. The molecular formula is C13H15Br2F3O. The van der Waals surface area contributed by atoms with Crippen molar-refractivity contribution in [3.05, 3.63) is 27.2 Å². The maximum atomic E-state index is 12.3. The van der Waals surface area contributed by atoms with Crippen LogP contribution >= 0.6 is 31.9 Å². The van der Waals surface area contributed by atoms with Gasteiger partial charge in [-0.05, 0) is 37.5 Å². The summed E-state index contributed by atoms with van der Waals surface area (Å²) in [6.07, 6.45) is -4.98. The predicted molar refractivity (Wildman–Crippen MR) is 77.1 cm³/mol. The molecule has 6 heteroatoms. The molecule has 1 rings (SSSR count). The van der Waals surface area contributed by atoms with E-state index >= 15 is 0 Å². The van der Waals surface area contributed by atoms with Crippen LogP contribution in [0.25, 0.3) is 0 Å². The van der Waals surface area contributed by atoms with Crippen molar-refractivity contribution in [3.63, 3.8) is 0 Å². The highest BCUT2D eigenvalue weighted by molar-refractivity contribution is 9.10. The maximum Gasteiger partial charge on any atom is 0.389 e. The molecule has 0 N–H and O–H groups in total. The molecule has 0 radical (unpaired) electrons. The van der Waals surface area contributed by atoms with Gasteiger partial charge in [0, 0.05) is 21.3 Å². The van der Waals surface area contributed by atoms with E-state index in [0.717, 1.165) is 21.2 Å². The summed E-state index contributed by atoms with van der Waals surface area (Å²) in [5.74, 6) is 0.643. The van der Waals surface area contributed by atoms with Gasteiger partial charge in [0.15, 0.2) is 0 Å². The fourth-order valence-electron chi connectivity index (χ4n) is 1.96. The van der Waals surface area contributed by atoms with Gasteiger partial charge in [-0.1, -0.05) is 31.9 Å². The van der Waals surface area contributed by atoms with Crippen LogP contribution in [0.3, 0.4) is 0 Å². The number of methoxy groups -OCH3 is 1. The largest absolute Gasteiger partial charge is 0.496 e. The minimum Gasteiger partial charge on any atom is -0.496 e. The molecule has 0 aliphatic rings. The molecule has 0 amide bonds. The molecular weight excluding hydrogens is 389 g/mol. The molecule has 1 aromatic carbocycles. The molecule has 1 atom stereocenters. The van der Waals surface area contributed by atoms with Gasteiger partial charge in [-0.25, -0.2) is 0 Å². The van der Waals surface area contributed by atoms with Crippen molar-refractivity contribution < 1.29 is 17.9 Å². The van der Waals surface area contributed by atoms with Gasteiger partial charge >= 0.3 is 6.18 Å². The summed E-state index contributed by atoms with van der Waals surface area (Å²) < 4.78 is 43.1. The van der Waals surface area contributed by atoms with E-state index < -0.39 is 12.6 Å². The summed E-state index contributed by atoms with van der Waals surface area (Å²) >= 11 is 6.77. The lowest BCUT2D eigenvalue weighted by atomic mass is 9.98. The fraction of sp³-hybridized carbons (Fsp3) is 0.538.